The second kappa shape index (κ2) is 6.02. The molecule has 0 bridgehead atoms. The largest absolute Gasteiger partial charge is 0.383 e. The zero-order chi connectivity index (χ0) is 13.0. The van der Waals surface area contributed by atoms with E-state index in [1.54, 1.807) is 13.3 Å². The number of aryl methyl sites for hydroxylation is 1. The molecule has 0 radical (unpaired) electrons. The van der Waals surface area contributed by atoms with E-state index < -0.39 is 0 Å². The summed E-state index contributed by atoms with van der Waals surface area (Å²) in [7, 11) is 1.69. The Morgan fingerprint density at radius 3 is 3.00 bits per heavy atom. The second-order valence-corrected chi connectivity index (χ2v) is 4.89. The van der Waals surface area contributed by atoms with Crippen LogP contribution in [0.2, 0.25) is 0 Å². The number of nitrogens with zero attached hydrogens (tertiary/aromatic N) is 2. The standard InChI is InChI=1S/C13H16BrN3O/c1-10-9-11(14)3-4-12(10)17-7-5-15-13(17)16-6-8-18-2/h3-5,7,9H,6,8H2,1-2H3,(H,15,16). The molecule has 1 N–H and O–H groups in total. The Kier molecular flexibility index (Phi) is 4.38. The van der Waals surface area contributed by atoms with Gasteiger partial charge in [0.2, 0.25) is 5.95 Å². The Morgan fingerprint density at radius 1 is 1.44 bits per heavy atom. The zero-order valence-electron chi connectivity index (χ0n) is 10.5. The minimum absolute atomic E-state index is 0.659. The summed E-state index contributed by atoms with van der Waals surface area (Å²) >= 11 is 3.47. The molecule has 0 atom stereocenters. The van der Waals surface area contributed by atoms with E-state index >= 15 is 0 Å². The quantitative estimate of drug-likeness (QED) is 0.863. The Hall–Kier alpha value is -1.33. The van der Waals surface area contributed by atoms with Crippen LogP contribution in [0, 0.1) is 6.92 Å². The second-order valence-electron chi connectivity index (χ2n) is 3.97. The molecular weight excluding hydrogens is 294 g/mol. The Labute approximate surface area is 115 Å². The predicted molar refractivity (Wildman–Crippen MR) is 76.4 cm³/mol. The fraction of sp³-hybridized carbons (Fsp3) is 0.308. The van der Waals surface area contributed by atoms with Crippen molar-refractivity contribution in [2.45, 2.75) is 6.92 Å². The highest BCUT2D eigenvalue weighted by Crippen LogP contribution is 2.22. The van der Waals surface area contributed by atoms with Gasteiger partial charge in [-0.3, -0.25) is 4.57 Å². The molecule has 0 unspecified atom stereocenters. The fourth-order valence-corrected chi connectivity index (χ4v) is 2.26. The number of imidazole rings is 1. The Bertz CT molecular complexity index is 525. The first-order valence-corrected chi connectivity index (χ1v) is 6.54. The molecule has 18 heavy (non-hydrogen) atoms. The van der Waals surface area contributed by atoms with E-state index in [9.17, 15) is 0 Å². The lowest BCUT2D eigenvalue weighted by Crippen LogP contribution is -2.12. The van der Waals surface area contributed by atoms with Crippen LogP contribution in [0.25, 0.3) is 5.69 Å². The summed E-state index contributed by atoms with van der Waals surface area (Å²) in [4.78, 5) is 4.31. The number of hydrogen-bond donors (Lipinski definition) is 1. The first-order valence-electron chi connectivity index (χ1n) is 5.75. The summed E-state index contributed by atoms with van der Waals surface area (Å²) in [6, 6.07) is 6.19. The first-order chi connectivity index (χ1) is 8.72. The van der Waals surface area contributed by atoms with Crippen LogP contribution in [0.3, 0.4) is 0 Å². The van der Waals surface area contributed by atoms with Crippen LogP contribution in [0.5, 0.6) is 0 Å². The molecule has 0 spiro atoms. The van der Waals surface area contributed by atoms with Crippen molar-refractivity contribution in [3.05, 3.63) is 40.6 Å². The first kappa shape index (κ1) is 13.1. The van der Waals surface area contributed by atoms with Crippen molar-refractivity contribution in [2.75, 3.05) is 25.6 Å². The van der Waals surface area contributed by atoms with Gasteiger partial charge in [0.1, 0.15) is 0 Å². The molecule has 0 amide bonds. The molecule has 0 aliphatic heterocycles. The molecule has 5 heteroatoms. The van der Waals surface area contributed by atoms with Crippen molar-refractivity contribution in [1.82, 2.24) is 9.55 Å². The van der Waals surface area contributed by atoms with Gasteiger partial charge >= 0.3 is 0 Å². The number of benzene rings is 1. The molecule has 4 nitrogen and oxygen atoms in total. The number of ether oxygens (including phenoxy) is 1. The van der Waals surface area contributed by atoms with E-state index in [-0.39, 0.29) is 0 Å². The molecule has 2 aromatic rings. The average Bonchev–Trinajstić information content (AvgIpc) is 2.78. The molecule has 1 aromatic heterocycles. The summed E-state index contributed by atoms with van der Waals surface area (Å²) in [5.74, 6) is 0.831. The lowest BCUT2D eigenvalue weighted by atomic mass is 10.2. The Morgan fingerprint density at radius 2 is 2.28 bits per heavy atom. The van der Waals surface area contributed by atoms with Crippen molar-refractivity contribution < 1.29 is 4.74 Å². The fourth-order valence-electron chi connectivity index (χ4n) is 1.78. The van der Waals surface area contributed by atoms with E-state index in [1.165, 1.54) is 5.56 Å². The monoisotopic (exact) mass is 309 g/mol. The minimum Gasteiger partial charge on any atom is -0.383 e. The molecule has 0 aliphatic rings. The maximum atomic E-state index is 5.02. The summed E-state index contributed by atoms with van der Waals surface area (Å²) in [5, 5.41) is 3.25. The third kappa shape index (κ3) is 2.91. The third-order valence-electron chi connectivity index (χ3n) is 2.65. The molecule has 0 saturated heterocycles. The van der Waals surface area contributed by atoms with Gasteiger partial charge in [-0.15, -0.1) is 0 Å². The number of hydrogen-bond acceptors (Lipinski definition) is 3. The lowest BCUT2D eigenvalue weighted by molar-refractivity contribution is 0.210. The molecule has 0 fully saturated rings. The van der Waals surface area contributed by atoms with E-state index in [0.717, 1.165) is 22.7 Å². The molecule has 0 saturated carbocycles. The van der Waals surface area contributed by atoms with Gasteiger partial charge in [-0.2, -0.15) is 0 Å². The minimum atomic E-state index is 0.659. The van der Waals surface area contributed by atoms with Crippen molar-refractivity contribution >= 4 is 21.9 Å². The van der Waals surface area contributed by atoms with Crippen molar-refractivity contribution in [3.63, 3.8) is 0 Å². The molecule has 1 aromatic carbocycles. The number of nitrogens with one attached hydrogen (secondary N) is 1. The van der Waals surface area contributed by atoms with Gasteiger partial charge in [0.15, 0.2) is 0 Å². The van der Waals surface area contributed by atoms with Crippen LogP contribution < -0.4 is 5.32 Å². The van der Waals surface area contributed by atoms with Gasteiger partial charge in [0, 0.05) is 30.5 Å². The lowest BCUT2D eigenvalue weighted by Gasteiger charge is -2.12. The van der Waals surface area contributed by atoms with Gasteiger partial charge in [-0.25, -0.2) is 4.98 Å². The SMILES string of the molecule is COCCNc1nccn1-c1ccc(Br)cc1C. The predicted octanol–water partition coefficient (Wildman–Crippen LogP) is 3.00. The molecule has 2 rings (SSSR count). The van der Waals surface area contributed by atoms with Crippen molar-refractivity contribution in [1.29, 1.82) is 0 Å². The van der Waals surface area contributed by atoms with Crippen molar-refractivity contribution in [3.8, 4) is 5.69 Å². The molecule has 0 aliphatic carbocycles. The highest BCUT2D eigenvalue weighted by Gasteiger charge is 2.06. The highest BCUT2D eigenvalue weighted by atomic mass is 79.9. The van der Waals surface area contributed by atoms with Gasteiger partial charge in [-0.1, -0.05) is 15.9 Å². The highest BCUT2D eigenvalue weighted by molar-refractivity contribution is 9.10. The maximum Gasteiger partial charge on any atom is 0.207 e. The number of rotatable bonds is 5. The van der Waals surface area contributed by atoms with E-state index in [1.807, 2.05) is 16.8 Å². The van der Waals surface area contributed by atoms with Gasteiger partial charge in [-0.05, 0) is 30.7 Å². The third-order valence-corrected chi connectivity index (χ3v) is 3.14. The average molecular weight is 310 g/mol. The number of halogens is 1. The molecule has 96 valence electrons. The smallest absolute Gasteiger partial charge is 0.207 e. The van der Waals surface area contributed by atoms with Crippen molar-refractivity contribution in [2.24, 2.45) is 0 Å². The van der Waals surface area contributed by atoms with E-state index in [4.69, 9.17) is 4.74 Å². The topological polar surface area (TPSA) is 39.1 Å². The summed E-state index contributed by atoms with van der Waals surface area (Å²) < 4.78 is 8.14. The zero-order valence-corrected chi connectivity index (χ0v) is 12.1. The number of anilines is 1. The van der Waals surface area contributed by atoms with Crippen LogP contribution in [0.4, 0.5) is 5.95 Å². The number of methoxy groups -OCH3 is 1. The van der Waals surface area contributed by atoms with Gasteiger partial charge in [0.25, 0.3) is 0 Å². The summed E-state index contributed by atoms with van der Waals surface area (Å²) in [6.45, 7) is 3.48. The van der Waals surface area contributed by atoms with E-state index in [0.29, 0.717) is 6.61 Å². The summed E-state index contributed by atoms with van der Waals surface area (Å²) in [6.07, 6.45) is 3.74. The van der Waals surface area contributed by atoms with Crippen LogP contribution in [-0.4, -0.2) is 29.8 Å². The molecular formula is C13H16BrN3O. The van der Waals surface area contributed by atoms with Gasteiger partial charge < -0.3 is 10.1 Å². The molecule has 1 heterocycles. The van der Waals surface area contributed by atoms with Crippen LogP contribution in [-0.2, 0) is 4.74 Å². The van der Waals surface area contributed by atoms with E-state index in [2.05, 4.69) is 45.3 Å². The van der Waals surface area contributed by atoms with Crippen LogP contribution in [0.1, 0.15) is 5.56 Å². The van der Waals surface area contributed by atoms with Gasteiger partial charge in [0.05, 0.1) is 12.3 Å². The van der Waals surface area contributed by atoms with Crippen LogP contribution in [0.15, 0.2) is 35.1 Å². The summed E-state index contributed by atoms with van der Waals surface area (Å²) in [5.41, 5.74) is 2.31. The Balaban J connectivity index is 2.25. The number of aromatic nitrogens is 2. The maximum absolute atomic E-state index is 5.02. The normalized spacial score (nSPS) is 10.6. The van der Waals surface area contributed by atoms with Crippen LogP contribution >= 0.6 is 15.9 Å².